The van der Waals surface area contributed by atoms with E-state index >= 15 is 0 Å². The first-order valence-electron chi connectivity index (χ1n) is 19.3. The van der Waals surface area contributed by atoms with Gasteiger partial charge in [-0.1, -0.05) is 62.4 Å². The van der Waals surface area contributed by atoms with Crippen LogP contribution in [0.4, 0.5) is 9.59 Å². The molecule has 2 aliphatic heterocycles. The zero-order valence-corrected chi connectivity index (χ0v) is 31.6. The molecule has 7 rings (SSSR count). The van der Waals surface area contributed by atoms with Crippen LogP contribution in [0.15, 0.2) is 60.9 Å². The zero-order valence-electron chi connectivity index (χ0n) is 31.6. The van der Waals surface area contributed by atoms with Crippen molar-refractivity contribution in [3.63, 3.8) is 0 Å². The Morgan fingerprint density at radius 1 is 0.745 bits per heavy atom. The first-order valence-corrected chi connectivity index (χ1v) is 19.3. The summed E-state index contributed by atoms with van der Waals surface area (Å²) in [7, 11) is 1.36. The summed E-state index contributed by atoms with van der Waals surface area (Å²) in [5, 5.41) is 2.87. The molecule has 5 N–H and O–H groups in total. The summed E-state index contributed by atoms with van der Waals surface area (Å²) >= 11 is 0. The second-order valence-corrected chi connectivity index (χ2v) is 15.2. The van der Waals surface area contributed by atoms with Gasteiger partial charge in [-0.3, -0.25) is 9.59 Å². The number of alkyl carbamates (subject to hydrolysis) is 1. The second kappa shape index (κ2) is 16.4. The van der Waals surface area contributed by atoms with E-state index in [-0.39, 0.29) is 41.8 Å². The number of nitrogens with one attached hydrogen (secondary N) is 3. The zero-order chi connectivity index (χ0) is 38.6. The van der Waals surface area contributed by atoms with Gasteiger partial charge in [-0.25, -0.2) is 19.6 Å². The van der Waals surface area contributed by atoms with Gasteiger partial charge >= 0.3 is 12.2 Å². The molecule has 3 atom stereocenters. The van der Waals surface area contributed by atoms with E-state index in [1.165, 1.54) is 7.11 Å². The number of carbonyl (C=O) groups excluding carboxylic acids is 4. The normalized spacial score (nSPS) is 21.7. The molecular formula is C41H50N8O6. The van der Waals surface area contributed by atoms with Crippen molar-refractivity contribution in [2.45, 2.75) is 89.4 Å². The number of hydrogen-bond donors (Lipinski definition) is 4. The number of nitrogens with zero attached hydrogens (tertiary/aromatic N) is 4. The molecule has 3 aliphatic rings. The average molecular weight is 751 g/mol. The maximum Gasteiger partial charge on any atom is 0.407 e. The lowest BCUT2D eigenvalue weighted by molar-refractivity contribution is -0.143. The van der Waals surface area contributed by atoms with E-state index in [0.29, 0.717) is 12.4 Å². The number of imidazole rings is 2. The number of rotatable bonds is 10. The number of likely N-dealkylation sites (tertiary alicyclic amines) is 2. The van der Waals surface area contributed by atoms with Crippen LogP contribution in [0.3, 0.4) is 0 Å². The fourth-order valence-electron chi connectivity index (χ4n) is 8.32. The van der Waals surface area contributed by atoms with Crippen LogP contribution in [0, 0.1) is 11.8 Å². The summed E-state index contributed by atoms with van der Waals surface area (Å²) < 4.78 is 9.90. The number of carbonyl (C=O) groups is 4. The number of amides is 4. The Morgan fingerprint density at radius 3 is 1.73 bits per heavy atom. The molecule has 290 valence electrons. The van der Waals surface area contributed by atoms with Crippen molar-refractivity contribution >= 4 is 24.0 Å². The van der Waals surface area contributed by atoms with Crippen molar-refractivity contribution < 1.29 is 28.7 Å². The lowest BCUT2D eigenvalue weighted by Crippen LogP contribution is -2.44. The maximum absolute atomic E-state index is 13.6. The van der Waals surface area contributed by atoms with Gasteiger partial charge in [-0.15, -0.1) is 0 Å². The van der Waals surface area contributed by atoms with Crippen LogP contribution in [0.25, 0.3) is 33.6 Å². The van der Waals surface area contributed by atoms with Crippen LogP contribution in [-0.2, 0) is 19.1 Å². The van der Waals surface area contributed by atoms with Gasteiger partial charge < -0.3 is 40.3 Å². The molecule has 1 saturated carbocycles. The molecule has 0 unspecified atom stereocenters. The molecule has 0 bridgehead atoms. The number of aromatic amines is 2. The molecule has 55 heavy (non-hydrogen) atoms. The van der Waals surface area contributed by atoms with Gasteiger partial charge in [-0.05, 0) is 79.5 Å². The largest absolute Gasteiger partial charge is 0.453 e. The predicted molar refractivity (Wildman–Crippen MR) is 205 cm³/mol. The molecule has 4 amide bonds. The van der Waals surface area contributed by atoms with E-state index in [1.807, 2.05) is 37.1 Å². The second-order valence-electron chi connectivity index (χ2n) is 15.2. The number of H-pyrrole nitrogens is 2. The Labute approximate surface area is 320 Å². The van der Waals surface area contributed by atoms with Gasteiger partial charge in [0, 0.05) is 25.0 Å². The van der Waals surface area contributed by atoms with Crippen molar-refractivity contribution in [2.75, 3.05) is 20.2 Å². The highest BCUT2D eigenvalue weighted by atomic mass is 16.6. The van der Waals surface area contributed by atoms with Gasteiger partial charge in [0.15, 0.2) is 6.10 Å². The third kappa shape index (κ3) is 8.23. The lowest BCUT2D eigenvalue weighted by Gasteiger charge is -2.32. The van der Waals surface area contributed by atoms with Gasteiger partial charge in [0.05, 0.1) is 43.0 Å². The molecule has 14 nitrogen and oxygen atoms in total. The van der Waals surface area contributed by atoms with E-state index in [1.54, 1.807) is 11.1 Å². The summed E-state index contributed by atoms with van der Waals surface area (Å²) in [4.78, 5) is 70.1. The van der Waals surface area contributed by atoms with Gasteiger partial charge in [0.25, 0.3) is 5.91 Å². The fourth-order valence-corrected chi connectivity index (χ4v) is 8.32. The number of aromatic nitrogens is 4. The van der Waals surface area contributed by atoms with Crippen LogP contribution in [-0.4, -0.2) is 86.1 Å². The first-order chi connectivity index (χ1) is 26.6. The molecule has 4 heterocycles. The van der Waals surface area contributed by atoms with Crippen molar-refractivity contribution in [3.8, 4) is 33.6 Å². The average Bonchev–Trinajstić information content (AvgIpc) is 4.03. The number of ether oxygens (including phenoxy) is 2. The summed E-state index contributed by atoms with van der Waals surface area (Å²) in [5.41, 5.74) is 11.1. The Kier molecular flexibility index (Phi) is 11.2. The highest BCUT2D eigenvalue weighted by Gasteiger charge is 2.39. The maximum atomic E-state index is 13.6. The number of hydrogen-bond acceptors (Lipinski definition) is 8. The summed E-state index contributed by atoms with van der Waals surface area (Å²) in [6.07, 6.45) is 7.74. The SMILES string of the molecule is COC(=O)N[C@H]1CC[C@@H](C(=O)N2CCC[C@H]2c2ncc(-c3ccc(-c4ccc(-c5cnc([C@@H]6CCCN6C(=O)[C@@H](OC(N)=O)C(C)C)[nH]5)cc4)cc3)[nH]2)CC1. The molecule has 14 heteroatoms. The number of nitrogens with two attached hydrogens (primary N) is 1. The highest BCUT2D eigenvalue weighted by Crippen LogP contribution is 2.37. The Morgan fingerprint density at radius 2 is 1.24 bits per heavy atom. The lowest BCUT2D eigenvalue weighted by atomic mass is 9.85. The predicted octanol–water partition coefficient (Wildman–Crippen LogP) is 6.50. The summed E-state index contributed by atoms with van der Waals surface area (Å²) in [5.74, 6) is 1.18. The number of methoxy groups -OCH3 is 1. The quantitative estimate of drug-likeness (QED) is 0.141. The van der Waals surface area contributed by atoms with Crippen LogP contribution in [0.2, 0.25) is 0 Å². The minimum absolute atomic E-state index is 0.0422. The third-order valence-electron chi connectivity index (χ3n) is 11.3. The minimum atomic E-state index is -0.959. The topological polar surface area (TPSA) is 189 Å². The standard InChI is InChI=1S/C41H50N8O6/c1-24(2)35(55-40(42)52)39(51)49-21-5-7-34(49)37-44-23-32(47-37)28-14-10-26(11-15-28)25-8-12-27(13-9-25)31-22-43-36(46-31)33-6-4-20-48(33)38(50)29-16-18-30(19-17-29)45-41(53)54-3/h8-15,22-24,29-30,33-35H,4-7,16-21H2,1-3H3,(H2,42,52)(H,43,46)(H,44,47)(H,45,53)/t29-,30+,33-,34-,35-/m0/s1. The van der Waals surface area contributed by atoms with Gasteiger partial charge in [-0.2, -0.15) is 0 Å². The van der Waals surface area contributed by atoms with E-state index in [9.17, 15) is 19.2 Å². The van der Waals surface area contributed by atoms with Crippen molar-refractivity contribution in [1.29, 1.82) is 0 Å². The van der Waals surface area contributed by atoms with Crippen LogP contribution in [0.5, 0.6) is 0 Å². The molecule has 4 aromatic rings. The molecule has 2 aromatic carbocycles. The van der Waals surface area contributed by atoms with Gasteiger partial charge in [0.2, 0.25) is 5.91 Å². The Hall–Kier alpha value is -5.66. The van der Waals surface area contributed by atoms with E-state index in [4.69, 9.17) is 20.2 Å². The third-order valence-corrected chi connectivity index (χ3v) is 11.3. The monoisotopic (exact) mass is 750 g/mol. The molecule has 1 aliphatic carbocycles. The molecule has 2 aromatic heterocycles. The van der Waals surface area contributed by atoms with E-state index < -0.39 is 18.3 Å². The molecule has 0 radical (unpaired) electrons. The Balaban J connectivity index is 0.968. The van der Waals surface area contributed by atoms with Crippen LogP contribution in [0.1, 0.15) is 88.9 Å². The number of primary amides is 1. The molecular weight excluding hydrogens is 701 g/mol. The number of benzene rings is 2. The highest BCUT2D eigenvalue weighted by molar-refractivity contribution is 5.84. The molecule has 3 fully saturated rings. The van der Waals surface area contributed by atoms with E-state index in [0.717, 1.165) is 97.4 Å². The molecule has 0 spiro atoms. The van der Waals surface area contributed by atoms with Gasteiger partial charge in [0.1, 0.15) is 11.6 Å². The summed E-state index contributed by atoms with van der Waals surface area (Å²) in [6, 6.07) is 16.3. The van der Waals surface area contributed by atoms with Crippen molar-refractivity contribution in [3.05, 3.63) is 72.6 Å². The summed E-state index contributed by atoms with van der Waals surface area (Å²) in [6.45, 7) is 4.94. The fraction of sp³-hybridized carbons (Fsp3) is 0.463. The van der Waals surface area contributed by atoms with E-state index in [2.05, 4.69) is 56.7 Å². The van der Waals surface area contributed by atoms with Crippen LogP contribution < -0.4 is 11.1 Å². The van der Waals surface area contributed by atoms with Crippen molar-refractivity contribution in [1.82, 2.24) is 35.1 Å². The van der Waals surface area contributed by atoms with Crippen LogP contribution >= 0.6 is 0 Å². The first kappa shape index (κ1) is 37.6. The minimum Gasteiger partial charge on any atom is -0.453 e. The van der Waals surface area contributed by atoms with Crippen molar-refractivity contribution in [2.24, 2.45) is 17.6 Å². The Bertz CT molecular complexity index is 1980. The smallest absolute Gasteiger partial charge is 0.407 e. The molecule has 2 saturated heterocycles.